The van der Waals surface area contributed by atoms with Gasteiger partial charge < -0.3 is 11.1 Å². The predicted molar refractivity (Wildman–Crippen MR) is 71.3 cm³/mol. The predicted octanol–water partition coefficient (Wildman–Crippen LogP) is 3.94. The minimum absolute atomic E-state index is 0.495. The van der Waals surface area contributed by atoms with E-state index in [1.54, 1.807) is 0 Å². The first-order valence-electron chi connectivity index (χ1n) is 5.36. The highest BCUT2D eigenvalue weighted by atomic mass is 79.9. The number of halogens is 1. The van der Waals surface area contributed by atoms with Crippen LogP contribution in [-0.4, -0.2) is 6.04 Å². The Morgan fingerprint density at radius 2 is 2.13 bits per heavy atom. The van der Waals surface area contributed by atoms with Crippen molar-refractivity contribution in [2.24, 2.45) is 0 Å². The molecule has 0 aliphatic heterocycles. The Hall–Kier alpha value is -0.700. The lowest BCUT2D eigenvalue weighted by molar-refractivity contribution is 0.690. The monoisotopic (exact) mass is 270 g/mol. The average Bonchev–Trinajstić information content (AvgIpc) is 2.14. The number of hydrogen-bond acceptors (Lipinski definition) is 2. The standard InChI is InChI=1S/C12H19BrN2/c1-4-5-9(3)15-12-6-8(2)11(14)7-10(12)13/h6-7,9,15H,4-5,14H2,1-3H3. The van der Waals surface area contributed by atoms with E-state index in [1.807, 2.05) is 13.0 Å². The van der Waals surface area contributed by atoms with Gasteiger partial charge in [-0.25, -0.2) is 0 Å². The fraction of sp³-hybridized carbons (Fsp3) is 0.500. The summed E-state index contributed by atoms with van der Waals surface area (Å²) in [5, 5.41) is 3.48. The maximum Gasteiger partial charge on any atom is 0.0490 e. The highest BCUT2D eigenvalue weighted by Gasteiger charge is 2.06. The van der Waals surface area contributed by atoms with Gasteiger partial charge in [-0.2, -0.15) is 0 Å². The first-order valence-corrected chi connectivity index (χ1v) is 6.16. The van der Waals surface area contributed by atoms with Crippen molar-refractivity contribution in [3.05, 3.63) is 22.2 Å². The SMILES string of the molecule is CCCC(C)Nc1cc(C)c(N)cc1Br. The largest absolute Gasteiger partial charge is 0.398 e. The molecule has 0 fully saturated rings. The van der Waals surface area contributed by atoms with Crippen molar-refractivity contribution in [2.45, 2.75) is 39.7 Å². The van der Waals surface area contributed by atoms with E-state index in [2.05, 4.69) is 41.2 Å². The summed E-state index contributed by atoms with van der Waals surface area (Å²) in [6, 6.07) is 4.54. The first-order chi connectivity index (χ1) is 7.04. The molecule has 1 atom stereocenters. The second-order valence-corrected chi connectivity index (χ2v) is 4.88. The summed E-state index contributed by atoms with van der Waals surface area (Å²) in [6.45, 7) is 6.42. The Balaban J connectivity index is 2.81. The van der Waals surface area contributed by atoms with Gasteiger partial charge in [0.25, 0.3) is 0 Å². The van der Waals surface area contributed by atoms with Crippen molar-refractivity contribution in [2.75, 3.05) is 11.1 Å². The van der Waals surface area contributed by atoms with E-state index in [9.17, 15) is 0 Å². The van der Waals surface area contributed by atoms with E-state index in [4.69, 9.17) is 5.73 Å². The van der Waals surface area contributed by atoms with Gasteiger partial charge in [-0.1, -0.05) is 13.3 Å². The van der Waals surface area contributed by atoms with Crippen LogP contribution in [0.25, 0.3) is 0 Å². The zero-order valence-corrected chi connectivity index (χ0v) is 11.2. The van der Waals surface area contributed by atoms with Gasteiger partial charge in [-0.15, -0.1) is 0 Å². The molecule has 0 spiro atoms. The summed E-state index contributed by atoms with van der Waals surface area (Å²) in [5.41, 5.74) is 8.89. The third-order valence-corrected chi connectivity index (χ3v) is 3.14. The van der Waals surface area contributed by atoms with Gasteiger partial charge in [0.15, 0.2) is 0 Å². The molecule has 0 heterocycles. The van der Waals surface area contributed by atoms with E-state index in [1.165, 1.54) is 12.8 Å². The van der Waals surface area contributed by atoms with Crippen molar-refractivity contribution in [1.82, 2.24) is 0 Å². The van der Waals surface area contributed by atoms with Gasteiger partial charge in [0, 0.05) is 21.9 Å². The van der Waals surface area contributed by atoms with Gasteiger partial charge in [0.2, 0.25) is 0 Å². The Morgan fingerprint density at radius 1 is 1.47 bits per heavy atom. The van der Waals surface area contributed by atoms with Crippen LogP contribution in [0, 0.1) is 6.92 Å². The topological polar surface area (TPSA) is 38.0 Å². The van der Waals surface area contributed by atoms with Crippen LogP contribution in [0.5, 0.6) is 0 Å². The molecule has 1 aromatic rings. The third-order valence-electron chi connectivity index (χ3n) is 2.48. The van der Waals surface area contributed by atoms with E-state index in [0.717, 1.165) is 21.4 Å². The first kappa shape index (κ1) is 12.4. The number of rotatable bonds is 4. The molecule has 15 heavy (non-hydrogen) atoms. The molecule has 0 aliphatic rings. The van der Waals surface area contributed by atoms with Crippen LogP contribution >= 0.6 is 15.9 Å². The normalized spacial score (nSPS) is 12.5. The number of nitrogens with one attached hydrogen (secondary N) is 1. The lowest BCUT2D eigenvalue weighted by Gasteiger charge is -2.16. The van der Waals surface area contributed by atoms with E-state index < -0.39 is 0 Å². The molecule has 1 aromatic carbocycles. The second kappa shape index (κ2) is 5.40. The molecule has 0 bridgehead atoms. The smallest absolute Gasteiger partial charge is 0.0490 e. The van der Waals surface area contributed by atoms with Gasteiger partial charge >= 0.3 is 0 Å². The zero-order chi connectivity index (χ0) is 11.4. The van der Waals surface area contributed by atoms with Crippen LogP contribution in [-0.2, 0) is 0 Å². The van der Waals surface area contributed by atoms with Gasteiger partial charge in [0.1, 0.15) is 0 Å². The third kappa shape index (κ3) is 3.42. The highest BCUT2D eigenvalue weighted by Crippen LogP contribution is 2.28. The number of hydrogen-bond donors (Lipinski definition) is 2. The van der Waals surface area contributed by atoms with Crippen LogP contribution in [0.2, 0.25) is 0 Å². The molecule has 0 aromatic heterocycles. The minimum atomic E-state index is 0.495. The van der Waals surface area contributed by atoms with Crippen LogP contribution in [0.4, 0.5) is 11.4 Å². The molecule has 0 saturated carbocycles. The maximum atomic E-state index is 5.82. The van der Waals surface area contributed by atoms with Crippen molar-refractivity contribution < 1.29 is 0 Å². The number of nitrogen functional groups attached to an aromatic ring is 1. The summed E-state index contributed by atoms with van der Waals surface area (Å²) in [7, 11) is 0. The Bertz CT molecular complexity index is 337. The minimum Gasteiger partial charge on any atom is -0.398 e. The zero-order valence-electron chi connectivity index (χ0n) is 9.60. The molecule has 1 unspecified atom stereocenters. The fourth-order valence-electron chi connectivity index (χ4n) is 1.58. The summed E-state index contributed by atoms with van der Waals surface area (Å²) >= 11 is 3.52. The Labute approximate surface area is 100 Å². The van der Waals surface area contributed by atoms with E-state index in [-0.39, 0.29) is 0 Å². The van der Waals surface area contributed by atoms with Crippen LogP contribution in [0.1, 0.15) is 32.3 Å². The molecule has 3 N–H and O–H groups in total. The molecule has 0 saturated heterocycles. The lowest BCUT2D eigenvalue weighted by atomic mass is 10.1. The number of anilines is 2. The fourth-order valence-corrected chi connectivity index (χ4v) is 2.05. The molecule has 3 heteroatoms. The summed E-state index contributed by atoms with van der Waals surface area (Å²) in [5.74, 6) is 0. The van der Waals surface area contributed by atoms with Crippen LogP contribution in [0.3, 0.4) is 0 Å². The molecular formula is C12H19BrN2. The number of nitrogens with two attached hydrogens (primary N) is 1. The number of benzene rings is 1. The Morgan fingerprint density at radius 3 is 2.73 bits per heavy atom. The van der Waals surface area contributed by atoms with E-state index >= 15 is 0 Å². The Kier molecular flexibility index (Phi) is 4.45. The molecular weight excluding hydrogens is 252 g/mol. The molecule has 1 rings (SSSR count). The van der Waals surface area contributed by atoms with Crippen LogP contribution < -0.4 is 11.1 Å². The maximum absolute atomic E-state index is 5.82. The lowest BCUT2D eigenvalue weighted by Crippen LogP contribution is -2.15. The molecule has 0 aliphatic carbocycles. The highest BCUT2D eigenvalue weighted by molar-refractivity contribution is 9.10. The van der Waals surface area contributed by atoms with Crippen molar-refractivity contribution >= 4 is 27.3 Å². The molecule has 0 amide bonds. The van der Waals surface area contributed by atoms with Crippen molar-refractivity contribution in [1.29, 1.82) is 0 Å². The average molecular weight is 271 g/mol. The van der Waals surface area contributed by atoms with E-state index in [0.29, 0.717) is 6.04 Å². The quantitative estimate of drug-likeness (QED) is 0.814. The van der Waals surface area contributed by atoms with Gasteiger partial charge in [-0.3, -0.25) is 0 Å². The van der Waals surface area contributed by atoms with Crippen molar-refractivity contribution in [3.63, 3.8) is 0 Å². The second-order valence-electron chi connectivity index (χ2n) is 4.02. The molecule has 0 radical (unpaired) electrons. The van der Waals surface area contributed by atoms with Gasteiger partial charge in [0.05, 0.1) is 0 Å². The summed E-state index contributed by atoms with van der Waals surface area (Å²) in [4.78, 5) is 0. The summed E-state index contributed by atoms with van der Waals surface area (Å²) < 4.78 is 1.04. The van der Waals surface area contributed by atoms with Crippen molar-refractivity contribution in [3.8, 4) is 0 Å². The molecule has 84 valence electrons. The number of aryl methyl sites for hydroxylation is 1. The van der Waals surface area contributed by atoms with Crippen LogP contribution in [0.15, 0.2) is 16.6 Å². The molecule has 2 nitrogen and oxygen atoms in total. The van der Waals surface area contributed by atoms with Gasteiger partial charge in [-0.05, 0) is 53.9 Å². The summed E-state index contributed by atoms with van der Waals surface area (Å²) in [6.07, 6.45) is 2.37.